The minimum Gasteiger partial charge on any atom is -0.508 e. The molecule has 0 bridgehead atoms. The zero-order valence-corrected chi connectivity index (χ0v) is 21.7. The smallest absolute Gasteiger partial charge is 0.225 e. The number of aliphatic hydroxyl groups is 1. The van der Waals surface area contributed by atoms with E-state index in [0.29, 0.717) is 11.8 Å². The molecule has 0 saturated heterocycles. The Morgan fingerprint density at radius 2 is 1.76 bits per heavy atom. The number of aldehydes is 1. The minimum absolute atomic E-state index is 0.126. The summed E-state index contributed by atoms with van der Waals surface area (Å²) < 4.78 is 30.3. The second-order valence-corrected chi connectivity index (χ2v) is 8.49. The fourth-order valence-electron chi connectivity index (χ4n) is 4.24. The number of oxazole rings is 1. The number of benzene rings is 3. The van der Waals surface area contributed by atoms with E-state index in [0.717, 1.165) is 73.2 Å². The van der Waals surface area contributed by atoms with E-state index >= 15 is 0 Å². The van der Waals surface area contributed by atoms with Crippen molar-refractivity contribution >= 4 is 6.29 Å². The van der Waals surface area contributed by atoms with Gasteiger partial charge in [-0.15, -0.1) is 0 Å². The number of halogens is 1. The summed E-state index contributed by atoms with van der Waals surface area (Å²) in [5.74, 6) is 3.49. The Morgan fingerprint density at radius 1 is 1.05 bits per heavy atom. The third-order valence-corrected chi connectivity index (χ3v) is 5.96. The van der Waals surface area contributed by atoms with Gasteiger partial charge in [0.25, 0.3) is 0 Å². The van der Waals surface area contributed by atoms with Gasteiger partial charge in [0.2, 0.25) is 5.89 Å². The first kappa shape index (κ1) is 28.4. The number of hydrogen-bond acceptors (Lipinski definition) is 7. The molecule has 2 aliphatic rings. The molecule has 0 amide bonds. The third kappa shape index (κ3) is 6.98. The van der Waals surface area contributed by atoms with Crippen LogP contribution < -0.4 is 9.47 Å². The number of aliphatic hydroxyl groups excluding tert-OH is 1. The predicted octanol–water partition coefficient (Wildman–Crippen LogP) is 6.46. The summed E-state index contributed by atoms with van der Waals surface area (Å²) in [6, 6.07) is 16.0. The fraction of sp³-hybridized carbons (Fsp3) is 0.267. The molecule has 1 aromatic heterocycles. The summed E-state index contributed by atoms with van der Waals surface area (Å²) in [7, 11) is 1.00. The molecule has 7 nitrogen and oxygen atoms in total. The first-order chi connectivity index (χ1) is 18.5. The Hall–Kier alpha value is -4.17. The lowest BCUT2D eigenvalue weighted by atomic mass is 10.0. The van der Waals surface area contributed by atoms with Crippen molar-refractivity contribution in [2.24, 2.45) is 0 Å². The van der Waals surface area contributed by atoms with Gasteiger partial charge in [-0.25, -0.2) is 9.37 Å². The van der Waals surface area contributed by atoms with E-state index in [1.807, 2.05) is 30.3 Å². The van der Waals surface area contributed by atoms with E-state index in [1.165, 1.54) is 18.6 Å². The summed E-state index contributed by atoms with van der Waals surface area (Å²) in [6.45, 7) is 4.29. The lowest BCUT2D eigenvalue weighted by Crippen LogP contribution is -1.94. The van der Waals surface area contributed by atoms with Crippen molar-refractivity contribution < 1.29 is 33.3 Å². The van der Waals surface area contributed by atoms with E-state index in [-0.39, 0.29) is 11.6 Å². The molecule has 3 aromatic carbocycles. The lowest BCUT2D eigenvalue weighted by Gasteiger charge is -2.11. The van der Waals surface area contributed by atoms with Crippen LogP contribution in [0.25, 0.3) is 11.5 Å². The van der Waals surface area contributed by atoms with Crippen LogP contribution in [-0.2, 0) is 17.6 Å². The number of hydrogen-bond donors (Lipinski definition) is 2. The molecule has 2 N–H and O–H groups in total. The van der Waals surface area contributed by atoms with Gasteiger partial charge in [-0.2, -0.15) is 0 Å². The Morgan fingerprint density at radius 3 is 2.45 bits per heavy atom. The number of rotatable bonds is 3. The number of carbonyl (C=O) groups is 1. The molecule has 8 heteroatoms. The maximum atomic E-state index is 13.7. The summed E-state index contributed by atoms with van der Waals surface area (Å²) in [4.78, 5) is 12.9. The normalized spacial score (nSPS) is 14.2. The highest BCUT2D eigenvalue weighted by Crippen LogP contribution is 2.36. The second kappa shape index (κ2) is 13.9. The molecule has 0 spiro atoms. The number of phenols is 1. The number of fused-ring (bicyclic) bond motifs is 2. The van der Waals surface area contributed by atoms with Crippen molar-refractivity contribution in [3.63, 3.8) is 0 Å². The van der Waals surface area contributed by atoms with Crippen LogP contribution in [0.5, 0.6) is 23.0 Å². The molecule has 38 heavy (non-hydrogen) atoms. The molecule has 0 radical (unpaired) electrons. The average molecular weight is 522 g/mol. The van der Waals surface area contributed by atoms with Gasteiger partial charge in [0.05, 0.1) is 12.8 Å². The summed E-state index contributed by atoms with van der Waals surface area (Å²) in [5, 5.41) is 16.1. The van der Waals surface area contributed by atoms with Crippen LogP contribution in [0, 0.1) is 5.82 Å². The van der Waals surface area contributed by atoms with Gasteiger partial charge < -0.3 is 28.9 Å². The molecule has 6 rings (SSSR count). The van der Waals surface area contributed by atoms with E-state index in [1.54, 1.807) is 30.7 Å². The van der Waals surface area contributed by atoms with Crippen molar-refractivity contribution in [1.29, 1.82) is 0 Å². The molecule has 200 valence electrons. The lowest BCUT2D eigenvalue weighted by molar-refractivity contribution is -0.106. The van der Waals surface area contributed by atoms with Gasteiger partial charge in [0, 0.05) is 35.8 Å². The number of aromatic nitrogens is 1. The fourth-order valence-corrected chi connectivity index (χ4v) is 4.24. The van der Waals surface area contributed by atoms with Crippen LogP contribution >= 0.6 is 0 Å². The summed E-state index contributed by atoms with van der Waals surface area (Å²) in [5.41, 5.74) is 3.88. The minimum atomic E-state index is -0.126. The van der Waals surface area contributed by atoms with E-state index in [9.17, 15) is 4.39 Å². The largest absolute Gasteiger partial charge is 0.508 e. The highest BCUT2D eigenvalue weighted by Gasteiger charge is 2.20. The Balaban J connectivity index is 0.000000209. The highest BCUT2D eigenvalue weighted by atomic mass is 19.1. The van der Waals surface area contributed by atoms with Gasteiger partial charge >= 0.3 is 0 Å². The molecule has 2 heterocycles. The SMILES string of the molecule is CC1COc2cc(O)ccc21.CC=O.CO.Fc1ccc(Oc2ccc(-c3ncco3)cc2)c2c1CCC2. The molecule has 1 atom stereocenters. The molecular formula is C30H32FNO6. The molecular weight excluding hydrogens is 489 g/mol. The predicted molar refractivity (Wildman–Crippen MR) is 142 cm³/mol. The number of aromatic hydroxyl groups is 1. The molecule has 1 unspecified atom stereocenters. The monoisotopic (exact) mass is 521 g/mol. The molecule has 0 fully saturated rings. The molecule has 0 saturated carbocycles. The number of phenolic OH excluding ortho intramolecular Hbond substituents is 1. The number of nitrogens with zero attached hydrogens (tertiary/aromatic N) is 1. The van der Waals surface area contributed by atoms with Gasteiger partial charge in [-0.3, -0.25) is 0 Å². The standard InChI is InChI=1S/C18H14FNO2.C9H10O2.C2H4O.CH4O/c19-16-8-9-17(15-3-1-2-14(15)16)22-13-6-4-12(5-7-13)18-20-10-11-21-18;1-6-5-11-9-4-7(10)2-3-8(6)9;1-2-3;1-2/h4-11H,1-3H2;2-4,6,10H,5H2,1H3;2H,1H3;2H,1H3. The molecule has 4 aromatic rings. The first-order valence-corrected chi connectivity index (χ1v) is 12.3. The first-order valence-electron chi connectivity index (χ1n) is 12.3. The zero-order valence-electron chi connectivity index (χ0n) is 21.7. The Bertz CT molecular complexity index is 1310. The quantitative estimate of drug-likeness (QED) is 0.298. The maximum absolute atomic E-state index is 13.7. The van der Waals surface area contributed by atoms with E-state index in [4.69, 9.17) is 28.9 Å². The van der Waals surface area contributed by atoms with E-state index in [2.05, 4.69) is 11.9 Å². The average Bonchev–Trinajstić information content (AvgIpc) is 3.71. The second-order valence-electron chi connectivity index (χ2n) is 8.49. The highest BCUT2D eigenvalue weighted by molar-refractivity contribution is 5.55. The Kier molecular flexibility index (Phi) is 10.4. The maximum Gasteiger partial charge on any atom is 0.225 e. The van der Waals surface area contributed by atoms with Crippen molar-refractivity contribution in [2.75, 3.05) is 13.7 Å². The van der Waals surface area contributed by atoms with Crippen LogP contribution in [0.15, 0.2) is 71.5 Å². The molecule has 1 aliphatic carbocycles. The zero-order chi connectivity index (χ0) is 27.5. The number of carbonyl (C=O) groups excluding carboxylic acids is 1. The summed E-state index contributed by atoms with van der Waals surface area (Å²) >= 11 is 0. The third-order valence-electron chi connectivity index (χ3n) is 5.96. The van der Waals surface area contributed by atoms with Crippen molar-refractivity contribution in [1.82, 2.24) is 4.98 Å². The number of ether oxygens (including phenoxy) is 2. The van der Waals surface area contributed by atoms with E-state index < -0.39 is 0 Å². The topological polar surface area (TPSA) is 102 Å². The van der Waals surface area contributed by atoms with Crippen LogP contribution in [0.4, 0.5) is 4.39 Å². The summed E-state index contributed by atoms with van der Waals surface area (Å²) in [6.07, 6.45) is 6.55. The van der Waals surface area contributed by atoms with Gasteiger partial charge in [-0.1, -0.05) is 13.0 Å². The van der Waals surface area contributed by atoms with Crippen LogP contribution in [0.2, 0.25) is 0 Å². The van der Waals surface area contributed by atoms with Gasteiger partial charge in [-0.05, 0) is 74.2 Å². The van der Waals surface area contributed by atoms with Gasteiger partial charge in [0.15, 0.2) is 0 Å². The van der Waals surface area contributed by atoms with Crippen LogP contribution in [0.3, 0.4) is 0 Å². The Labute approximate surface area is 221 Å². The molecule has 1 aliphatic heterocycles. The van der Waals surface area contributed by atoms with Crippen LogP contribution in [-0.4, -0.2) is 35.2 Å². The van der Waals surface area contributed by atoms with Crippen LogP contribution in [0.1, 0.15) is 42.9 Å². The van der Waals surface area contributed by atoms with Gasteiger partial charge in [0.1, 0.15) is 41.4 Å². The van der Waals surface area contributed by atoms with Crippen molar-refractivity contribution in [3.8, 4) is 34.5 Å². The van der Waals surface area contributed by atoms with Crippen molar-refractivity contribution in [2.45, 2.75) is 39.0 Å². The van der Waals surface area contributed by atoms with Crippen molar-refractivity contribution in [3.05, 3.63) is 89.6 Å².